The van der Waals surface area contributed by atoms with Gasteiger partial charge in [0.2, 0.25) is 0 Å². The zero-order valence-electron chi connectivity index (χ0n) is 15.9. The number of hydrogen-bond acceptors (Lipinski definition) is 3. The monoisotopic (exact) mass is 443 g/mol. The number of carbonyl (C=O) groups is 2. The standard InChI is InChI=1S/C22H20Cl2N4O2/c23-16-8-4-7-15(11-16)22(30)27-19-10-9-17(24)12-18(19)21(26-13-20(29)28-25)14-5-2-1-3-6-14/h1-12,21,26H,13,25H2,(H,27,30)(H,28,29)/p+1/t21-/m0/s1. The molecule has 0 unspecified atom stereocenters. The highest BCUT2D eigenvalue weighted by atomic mass is 35.5. The second-order valence-corrected chi connectivity index (χ2v) is 7.46. The van der Waals surface area contributed by atoms with Crippen molar-refractivity contribution in [3.63, 3.8) is 0 Å². The van der Waals surface area contributed by atoms with Gasteiger partial charge in [-0.1, -0.05) is 59.6 Å². The van der Waals surface area contributed by atoms with E-state index in [-0.39, 0.29) is 24.4 Å². The van der Waals surface area contributed by atoms with E-state index >= 15 is 0 Å². The van der Waals surface area contributed by atoms with Gasteiger partial charge in [-0.25, -0.2) is 5.84 Å². The van der Waals surface area contributed by atoms with E-state index < -0.39 is 0 Å². The molecule has 0 aliphatic heterocycles. The van der Waals surface area contributed by atoms with Crippen LogP contribution in [0.2, 0.25) is 10.0 Å². The van der Waals surface area contributed by atoms with Gasteiger partial charge in [-0.05, 0) is 36.4 Å². The van der Waals surface area contributed by atoms with Crippen molar-refractivity contribution < 1.29 is 14.9 Å². The minimum atomic E-state index is -0.317. The van der Waals surface area contributed by atoms with Crippen molar-refractivity contribution in [3.8, 4) is 0 Å². The van der Waals surface area contributed by atoms with E-state index in [4.69, 9.17) is 29.0 Å². The Bertz CT molecular complexity index is 1040. The summed E-state index contributed by atoms with van der Waals surface area (Å²) in [7, 11) is 0. The molecule has 0 aromatic heterocycles. The first-order valence-corrected chi connectivity index (χ1v) is 9.97. The fourth-order valence-electron chi connectivity index (χ4n) is 3.12. The fraction of sp³-hybridized carbons (Fsp3) is 0.0909. The highest BCUT2D eigenvalue weighted by Gasteiger charge is 2.23. The maximum atomic E-state index is 12.8. The van der Waals surface area contributed by atoms with E-state index in [2.05, 4.69) is 10.7 Å². The summed E-state index contributed by atoms with van der Waals surface area (Å²) in [5.74, 6) is 4.61. The van der Waals surface area contributed by atoms with Gasteiger partial charge in [-0.2, -0.15) is 0 Å². The second-order valence-electron chi connectivity index (χ2n) is 6.59. The highest BCUT2D eigenvalue weighted by Crippen LogP contribution is 2.29. The maximum absolute atomic E-state index is 12.8. The number of hydrogen-bond donors (Lipinski definition) is 4. The Balaban J connectivity index is 1.97. The summed E-state index contributed by atoms with van der Waals surface area (Å²) >= 11 is 12.3. The molecule has 0 aliphatic rings. The smallest absolute Gasteiger partial charge is 0.288 e. The molecule has 0 radical (unpaired) electrons. The molecular weight excluding hydrogens is 423 g/mol. The molecular formula is C22H21Cl2N4O2+. The van der Waals surface area contributed by atoms with Crippen molar-refractivity contribution in [1.82, 2.24) is 5.43 Å². The lowest BCUT2D eigenvalue weighted by Gasteiger charge is -2.20. The molecule has 8 heteroatoms. The summed E-state index contributed by atoms with van der Waals surface area (Å²) in [6.45, 7) is 0.101. The van der Waals surface area contributed by atoms with Crippen LogP contribution < -0.4 is 21.9 Å². The summed E-state index contributed by atoms with van der Waals surface area (Å²) in [6.07, 6.45) is 0. The summed E-state index contributed by atoms with van der Waals surface area (Å²) in [5.41, 5.74) is 4.86. The molecule has 30 heavy (non-hydrogen) atoms. The Morgan fingerprint density at radius 3 is 2.37 bits per heavy atom. The van der Waals surface area contributed by atoms with Gasteiger partial charge in [0.25, 0.3) is 11.8 Å². The first-order valence-electron chi connectivity index (χ1n) is 9.22. The molecule has 6 nitrogen and oxygen atoms in total. The van der Waals surface area contributed by atoms with Crippen LogP contribution in [0, 0.1) is 0 Å². The van der Waals surface area contributed by atoms with Gasteiger partial charge >= 0.3 is 0 Å². The zero-order valence-corrected chi connectivity index (χ0v) is 17.5. The number of quaternary nitrogens is 1. The predicted octanol–water partition coefficient (Wildman–Crippen LogP) is 2.89. The normalized spacial score (nSPS) is 11.6. The third kappa shape index (κ3) is 5.58. The van der Waals surface area contributed by atoms with Gasteiger partial charge in [-0.3, -0.25) is 15.0 Å². The molecule has 0 saturated carbocycles. The lowest BCUT2D eigenvalue weighted by Crippen LogP contribution is -2.88. The summed E-state index contributed by atoms with van der Waals surface area (Å²) < 4.78 is 0. The van der Waals surface area contributed by atoms with Crippen molar-refractivity contribution in [2.45, 2.75) is 6.04 Å². The molecule has 3 aromatic carbocycles. The third-order valence-corrected chi connectivity index (χ3v) is 5.01. The zero-order chi connectivity index (χ0) is 21.5. The summed E-state index contributed by atoms with van der Waals surface area (Å²) in [6, 6.07) is 21.3. The van der Waals surface area contributed by atoms with Crippen LogP contribution in [0.15, 0.2) is 72.8 Å². The molecule has 2 amide bonds. The van der Waals surface area contributed by atoms with E-state index in [0.717, 1.165) is 11.1 Å². The van der Waals surface area contributed by atoms with Crippen LogP contribution >= 0.6 is 23.2 Å². The van der Waals surface area contributed by atoms with Crippen LogP contribution in [0.25, 0.3) is 0 Å². The molecule has 0 bridgehead atoms. The summed E-state index contributed by atoms with van der Waals surface area (Å²) in [5, 5.41) is 5.75. The molecule has 0 spiro atoms. The molecule has 0 saturated heterocycles. The number of carbonyl (C=O) groups excluding carboxylic acids is 2. The van der Waals surface area contributed by atoms with Crippen LogP contribution in [0.3, 0.4) is 0 Å². The van der Waals surface area contributed by atoms with Gasteiger partial charge in [0, 0.05) is 26.7 Å². The molecule has 6 N–H and O–H groups in total. The third-order valence-electron chi connectivity index (χ3n) is 4.54. The van der Waals surface area contributed by atoms with Crippen LogP contribution in [-0.4, -0.2) is 18.4 Å². The number of nitrogens with one attached hydrogen (secondary N) is 2. The lowest BCUT2D eigenvalue weighted by molar-refractivity contribution is -0.676. The minimum absolute atomic E-state index is 0.101. The van der Waals surface area contributed by atoms with Crippen molar-refractivity contribution in [1.29, 1.82) is 0 Å². The molecule has 0 fully saturated rings. The van der Waals surface area contributed by atoms with Crippen molar-refractivity contribution >= 4 is 40.7 Å². The molecule has 3 aromatic rings. The Labute approximate surface area is 184 Å². The van der Waals surface area contributed by atoms with E-state index in [9.17, 15) is 9.59 Å². The van der Waals surface area contributed by atoms with Crippen LogP contribution in [0.1, 0.15) is 27.5 Å². The Kier molecular flexibility index (Phi) is 7.43. The van der Waals surface area contributed by atoms with Gasteiger partial charge < -0.3 is 10.6 Å². The Morgan fingerprint density at radius 2 is 1.67 bits per heavy atom. The molecule has 3 rings (SSSR count). The second kappa shape index (κ2) is 10.2. The van der Waals surface area contributed by atoms with E-state index in [1.54, 1.807) is 42.5 Å². The molecule has 0 aliphatic carbocycles. The number of nitrogens with two attached hydrogens (primary N) is 2. The minimum Gasteiger partial charge on any atom is -0.328 e. The fourth-order valence-corrected chi connectivity index (χ4v) is 3.49. The lowest BCUT2D eigenvalue weighted by atomic mass is 9.96. The molecule has 1 atom stereocenters. The average molecular weight is 444 g/mol. The number of benzene rings is 3. The van der Waals surface area contributed by atoms with Crippen LogP contribution in [0.4, 0.5) is 5.69 Å². The SMILES string of the molecule is NNC(=O)C[NH2+][C@@H](c1ccccc1)c1cc(Cl)ccc1NC(=O)c1cccc(Cl)c1. The van der Waals surface area contributed by atoms with E-state index in [1.807, 2.05) is 35.6 Å². The largest absolute Gasteiger partial charge is 0.328 e. The topological polar surface area (TPSA) is 101 Å². The van der Waals surface area contributed by atoms with Crippen molar-refractivity contribution in [3.05, 3.63) is 99.5 Å². The Morgan fingerprint density at radius 1 is 0.933 bits per heavy atom. The predicted molar refractivity (Wildman–Crippen MR) is 118 cm³/mol. The van der Waals surface area contributed by atoms with Gasteiger partial charge in [0.15, 0.2) is 6.54 Å². The average Bonchev–Trinajstić information content (AvgIpc) is 2.76. The number of amides is 2. The number of halogens is 2. The van der Waals surface area contributed by atoms with Crippen LogP contribution in [0.5, 0.6) is 0 Å². The number of rotatable bonds is 7. The van der Waals surface area contributed by atoms with Gasteiger partial charge in [-0.15, -0.1) is 0 Å². The van der Waals surface area contributed by atoms with Gasteiger partial charge in [0.05, 0.1) is 5.69 Å². The van der Waals surface area contributed by atoms with Crippen molar-refractivity contribution in [2.75, 3.05) is 11.9 Å². The molecule has 154 valence electrons. The number of hydrazine groups is 1. The van der Waals surface area contributed by atoms with E-state index in [1.165, 1.54) is 0 Å². The first kappa shape index (κ1) is 21.8. The highest BCUT2D eigenvalue weighted by molar-refractivity contribution is 6.31. The molecule has 0 heterocycles. The van der Waals surface area contributed by atoms with Crippen LogP contribution in [-0.2, 0) is 4.79 Å². The summed E-state index contributed by atoms with van der Waals surface area (Å²) in [4.78, 5) is 24.5. The Hall–Kier alpha value is -2.90. The van der Waals surface area contributed by atoms with Crippen molar-refractivity contribution in [2.24, 2.45) is 5.84 Å². The number of anilines is 1. The first-order chi connectivity index (χ1) is 14.5. The van der Waals surface area contributed by atoms with E-state index in [0.29, 0.717) is 21.3 Å². The quantitative estimate of drug-likeness (QED) is 0.256. The maximum Gasteiger partial charge on any atom is 0.288 e. The van der Waals surface area contributed by atoms with Gasteiger partial charge in [0.1, 0.15) is 6.04 Å².